The first-order valence-corrected chi connectivity index (χ1v) is 11.3. The van der Waals surface area contributed by atoms with Gasteiger partial charge >= 0.3 is 0 Å². The number of pyridine rings is 1. The van der Waals surface area contributed by atoms with Crippen LogP contribution in [0.5, 0.6) is 5.75 Å². The van der Waals surface area contributed by atoms with Crippen molar-refractivity contribution in [3.8, 4) is 5.75 Å². The van der Waals surface area contributed by atoms with Crippen molar-refractivity contribution in [3.63, 3.8) is 0 Å². The summed E-state index contributed by atoms with van der Waals surface area (Å²) in [4.78, 5) is 36.6. The second-order valence-electron chi connectivity index (χ2n) is 8.29. The molecule has 0 saturated carbocycles. The lowest BCUT2D eigenvalue weighted by molar-refractivity contribution is -0.123. The number of nitrogens with one attached hydrogen (secondary N) is 1. The Morgan fingerprint density at radius 1 is 1.12 bits per heavy atom. The highest BCUT2D eigenvalue weighted by Crippen LogP contribution is 2.31. The molecule has 2 amide bonds. The highest BCUT2D eigenvalue weighted by Gasteiger charge is 2.28. The van der Waals surface area contributed by atoms with Crippen LogP contribution in [0, 0.1) is 0 Å². The zero-order chi connectivity index (χ0) is 23.9. The molecule has 174 valence electrons. The van der Waals surface area contributed by atoms with Crippen LogP contribution < -0.4 is 15.0 Å². The smallest absolute Gasteiger partial charge is 0.240 e. The van der Waals surface area contributed by atoms with Crippen LogP contribution in [0.4, 0.5) is 11.5 Å². The molecule has 7 heteroatoms. The van der Waals surface area contributed by atoms with E-state index < -0.39 is 0 Å². The quantitative estimate of drug-likeness (QED) is 0.554. The van der Waals surface area contributed by atoms with Gasteiger partial charge in [-0.3, -0.25) is 14.5 Å². The van der Waals surface area contributed by atoms with Crippen molar-refractivity contribution in [1.29, 1.82) is 0 Å². The Balaban J connectivity index is 1.47. The van der Waals surface area contributed by atoms with Gasteiger partial charge in [0.25, 0.3) is 0 Å². The van der Waals surface area contributed by atoms with Crippen LogP contribution in [0.2, 0.25) is 0 Å². The number of hydrogen-bond acceptors (Lipinski definition) is 5. The van der Waals surface area contributed by atoms with Crippen LogP contribution in [0.1, 0.15) is 30.9 Å². The number of rotatable bonds is 8. The van der Waals surface area contributed by atoms with Gasteiger partial charge in [0.2, 0.25) is 11.8 Å². The summed E-state index contributed by atoms with van der Waals surface area (Å²) in [6, 6.07) is 21.1. The summed E-state index contributed by atoms with van der Waals surface area (Å²) in [6.07, 6.45) is 3.33. The Morgan fingerprint density at radius 3 is 2.74 bits per heavy atom. The van der Waals surface area contributed by atoms with Gasteiger partial charge in [-0.1, -0.05) is 42.5 Å². The summed E-state index contributed by atoms with van der Waals surface area (Å²) in [5.41, 5.74) is 3.18. The number of carbonyl (C=O) groups excluding carboxylic acids is 2. The molecule has 7 nitrogen and oxygen atoms in total. The van der Waals surface area contributed by atoms with Crippen LogP contribution >= 0.6 is 0 Å². The maximum absolute atomic E-state index is 13.2. The molecule has 0 aliphatic carbocycles. The van der Waals surface area contributed by atoms with E-state index in [-0.39, 0.29) is 30.8 Å². The van der Waals surface area contributed by atoms with Crippen molar-refractivity contribution in [1.82, 2.24) is 10.3 Å². The number of anilines is 1. The van der Waals surface area contributed by atoms with E-state index in [9.17, 15) is 9.59 Å². The number of fused-ring (bicyclic) bond motifs is 1. The van der Waals surface area contributed by atoms with Crippen molar-refractivity contribution in [2.24, 2.45) is 4.99 Å². The number of hydrogen-bond donors (Lipinski definition) is 1. The Hall–Kier alpha value is -4.00. The third-order valence-electron chi connectivity index (χ3n) is 5.72. The largest absolute Gasteiger partial charge is 0.497 e. The fourth-order valence-electron chi connectivity index (χ4n) is 3.92. The Labute approximate surface area is 199 Å². The molecule has 2 heterocycles. The van der Waals surface area contributed by atoms with E-state index in [4.69, 9.17) is 9.73 Å². The Bertz CT molecular complexity index is 1190. The molecule has 0 radical (unpaired) electrons. The lowest BCUT2D eigenvalue weighted by Crippen LogP contribution is -2.44. The number of aryl methyl sites for hydroxylation is 1. The number of ether oxygens (including phenoxy) is 1. The van der Waals surface area contributed by atoms with Crippen molar-refractivity contribution in [3.05, 3.63) is 84.1 Å². The second-order valence-corrected chi connectivity index (χ2v) is 8.29. The molecule has 1 N–H and O–H groups in total. The number of amides is 2. The van der Waals surface area contributed by atoms with Gasteiger partial charge in [0, 0.05) is 17.8 Å². The lowest BCUT2D eigenvalue weighted by Gasteiger charge is -2.22. The Kier molecular flexibility index (Phi) is 7.32. The molecule has 2 aromatic carbocycles. The molecule has 1 unspecified atom stereocenters. The highest BCUT2D eigenvalue weighted by molar-refractivity contribution is 6.18. The zero-order valence-corrected chi connectivity index (χ0v) is 19.4. The van der Waals surface area contributed by atoms with Gasteiger partial charge < -0.3 is 10.1 Å². The summed E-state index contributed by atoms with van der Waals surface area (Å²) in [6.45, 7) is 1.86. The zero-order valence-electron chi connectivity index (χ0n) is 19.4. The minimum atomic E-state index is -0.230. The fourth-order valence-corrected chi connectivity index (χ4v) is 3.92. The van der Waals surface area contributed by atoms with Gasteiger partial charge in [-0.15, -0.1) is 0 Å². The van der Waals surface area contributed by atoms with Crippen LogP contribution in [0.25, 0.3) is 0 Å². The SMILES string of the molecule is COc1cccc(C2=Nc3cccnc3N(CC(=O)NC(C)CCc3ccccc3)C(=O)C2)c1. The molecule has 1 aliphatic rings. The number of methoxy groups -OCH3 is 1. The third kappa shape index (κ3) is 5.67. The number of aliphatic imine (C=N–C) groups is 1. The van der Waals surface area contributed by atoms with Gasteiger partial charge in [-0.2, -0.15) is 0 Å². The van der Waals surface area contributed by atoms with Crippen LogP contribution in [-0.4, -0.2) is 42.2 Å². The summed E-state index contributed by atoms with van der Waals surface area (Å²) >= 11 is 0. The molecular weight excluding hydrogens is 428 g/mol. The topological polar surface area (TPSA) is 83.9 Å². The molecule has 0 bridgehead atoms. The second kappa shape index (κ2) is 10.7. The minimum absolute atomic E-state index is 0.0263. The summed E-state index contributed by atoms with van der Waals surface area (Å²) < 4.78 is 5.32. The lowest BCUT2D eigenvalue weighted by atomic mass is 10.1. The summed E-state index contributed by atoms with van der Waals surface area (Å²) in [5.74, 6) is 0.614. The number of aromatic nitrogens is 1. The predicted octanol–water partition coefficient (Wildman–Crippen LogP) is 4.09. The highest BCUT2D eigenvalue weighted by atomic mass is 16.5. The van der Waals surface area contributed by atoms with Gasteiger partial charge in [-0.05, 0) is 49.6 Å². The number of carbonyl (C=O) groups is 2. The van der Waals surface area contributed by atoms with Crippen LogP contribution in [0.15, 0.2) is 77.9 Å². The van der Waals surface area contributed by atoms with Gasteiger partial charge in [0.1, 0.15) is 18.0 Å². The molecule has 1 aromatic heterocycles. The Morgan fingerprint density at radius 2 is 1.94 bits per heavy atom. The van der Waals surface area contributed by atoms with E-state index in [1.165, 1.54) is 10.5 Å². The van der Waals surface area contributed by atoms with Gasteiger partial charge in [0.05, 0.1) is 19.2 Å². The monoisotopic (exact) mass is 456 g/mol. The van der Waals surface area contributed by atoms with Crippen molar-refractivity contribution < 1.29 is 14.3 Å². The molecule has 0 spiro atoms. The molecule has 34 heavy (non-hydrogen) atoms. The van der Waals surface area contributed by atoms with Crippen LogP contribution in [0.3, 0.4) is 0 Å². The van der Waals surface area contributed by atoms with E-state index in [1.54, 1.807) is 25.4 Å². The van der Waals surface area contributed by atoms with Crippen molar-refractivity contribution >= 4 is 29.0 Å². The minimum Gasteiger partial charge on any atom is -0.497 e. The molecule has 1 atom stereocenters. The average molecular weight is 457 g/mol. The van der Waals surface area contributed by atoms with Gasteiger partial charge in [0.15, 0.2) is 5.82 Å². The fraction of sp³-hybridized carbons (Fsp3) is 0.259. The van der Waals surface area contributed by atoms with Crippen molar-refractivity contribution in [2.75, 3.05) is 18.6 Å². The first kappa shape index (κ1) is 23.2. The van der Waals surface area contributed by atoms with Crippen molar-refractivity contribution in [2.45, 2.75) is 32.2 Å². The van der Waals surface area contributed by atoms with E-state index in [0.29, 0.717) is 23.0 Å². The molecule has 0 saturated heterocycles. The van der Waals surface area contributed by atoms with E-state index in [0.717, 1.165) is 18.4 Å². The third-order valence-corrected chi connectivity index (χ3v) is 5.72. The normalized spacial score (nSPS) is 14.0. The maximum Gasteiger partial charge on any atom is 0.240 e. The molecule has 0 fully saturated rings. The molecular formula is C27H28N4O3. The molecule has 3 aromatic rings. The maximum atomic E-state index is 13.2. The standard InChI is InChI=1S/C27H28N4O3/c1-19(13-14-20-8-4-3-5-9-20)29-25(32)18-31-26(33)17-24(21-10-6-11-22(16-21)34-2)30-23-12-7-15-28-27(23)31/h3-12,15-16,19H,13-14,17-18H2,1-2H3,(H,29,32). The number of benzene rings is 2. The number of nitrogens with zero attached hydrogens (tertiary/aromatic N) is 3. The first-order chi connectivity index (χ1) is 16.5. The molecule has 4 rings (SSSR count). The predicted molar refractivity (Wildman–Crippen MR) is 133 cm³/mol. The van der Waals surface area contributed by atoms with Gasteiger partial charge in [-0.25, -0.2) is 9.98 Å². The average Bonchev–Trinajstić information content (AvgIpc) is 3.00. The molecule has 1 aliphatic heterocycles. The van der Waals surface area contributed by atoms with E-state index in [1.807, 2.05) is 49.4 Å². The van der Waals surface area contributed by atoms with E-state index >= 15 is 0 Å². The van der Waals surface area contributed by atoms with E-state index in [2.05, 4.69) is 22.4 Å². The summed E-state index contributed by atoms with van der Waals surface area (Å²) in [5, 5.41) is 3.01. The van der Waals surface area contributed by atoms with Crippen LogP contribution in [-0.2, 0) is 16.0 Å². The first-order valence-electron chi connectivity index (χ1n) is 11.3. The summed E-state index contributed by atoms with van der Waals surface area (Å²) in [7, 11) is 1.60.